The molecule has 2 aromatic rings. The highest BCUT2D eigenvalue weighted by Crippen LogP contribution is 2.27. The summed E-state index contributed by atoms with van der Waals surface area (Å²) >= 11 is 1.43. The van der Waals surface area contributed by atoms with Crippen LogP contribution in [0, 0.1) is 25.2 Å². The summed E-state index contributed by atoms with van der Waals surface area (Å²) in [6.45, 7) is 2.95. The van der Waals surface area contributed by atoms with E-state index in [0.717, 1.165) is 29.7 Å². The molecule has 0 unspecified atom stereocenters. The molecule has 1 amide bonds. The van der Waals surface area contributed by atoms with Crippen molar-refractivity contribution in [3.8, 4) is 6.07 Å². The average molecular weight is 402 g/mol. The van der Waals surface area contributed by atoms with Crippen molar-refractivity contribution >= 4 is 33.4 Å². The van der Waals surface area contributed by atoms with Crippen LogP contribution in [-0.2, 0) is 20.9 Å². The molecule has 1 fully saturated rings. The minimum absolute atomic E-state index is 0.307. The second kappa shape index (κ2) is 8.10. The molecule has 9 heteroatoms. The van der Waals surface area contributed by atoms with Gasteiger partial charge in [0.1, 0.15) is 16.9 Å². The van der Waals surface area contributed by atoms with E-state index in [4.69, 9.17) is 4.74 Å². The lowest BCUT2D eigenvalue weighted by molar-refractivity contribution is -0.149. The van der Waals surface area contributed by atoms with Gasteiger partial charge in [-0.1, -0.05) is 19.3 Å². The molecular weight excluding hydrogens is 380 g/mol. The van der Waals surface area contributed by atoms with Crippen LogP contribution < -0.4 is 10.9 Å². The minimum Gasteiger partial charge on any atom is -0.454 e. The van der Waals surface area contributed by atoms with Gasteiger partial charge in [-0.3, -0.25) is 19.0 Å². The van der Waals surface area contributed by atoms with Crippen LogP contribution in [0.2, 0.25) is 0 Å². The maximum absolute atomic E-state index is 12.6. The van der Waals surface area contributed by atoms with Gasteiger partial charge in [0.15, 0.2) is 6.61 Å². The fraction of sp³-hybridized carbons (Fsp3) is 0.526. The number of nitrogens with zero attached hydrogens (tertiary/aromatic N) is 3. The smallest absolute Gasteiger partial charge is 0.326 e. The highest BCUT2D eigenvalue weighted by Gasteiger charge is 2.33. The standard InChI is InChI=1S/C19H22N4O4S/c1-12-13(2)28-17-16(12)18(26)23(11-21-17)8-15(25)27-9-14(24)22-19(10-20)6-4-3-5-7-19/h11H,3-9H2,1-2H3,(H,22,24). The molecule has 1 aliphatic carbocycles. The Balaban J connectivity index is 1.60. The Morgan fingerprint density at radius 2 is 2.07 bits per heavy atom. The van der Waals surface area contributed by atoms with Crippen molar-refractivity contribution in [3.05, 3.63) is 27.1 Å². The summed E-state index contributed by atoms with van der Waals surface area (Å²) in [5, 5.41) is 12.6. The molecule has 1 aliphatic rings. The summed E-state index contributed by atoms with van der Waals surface area (Å²) in [6, 6.07) is 2.18. The number of carbonyl (C=O) groups is 2. The molecule has 2 heterocycles. The average Bonchev–Trinajstić information content (AvgIpc) is 2.98. The molecule has 148 valence electrons. The van der Waals surface area contributed by atoms with E-state index in [1.165, 1.54) is 22.2 Å². The Kier molecular flexibility index (Phi) is 5.79. The maximum Gasteiger partial charge on any atom is 0.326 e. The van der Waals surface area contributed by atoms with Crippen LogP contribution in [0.1, 0.15) is 42.5 Å². The van der Waals surface area contributed by atoms with Crippen LogP contribution in [-0.4, -0.2) is 33.6 Å². The number of hydrogen-bond acceptors (Lipinski definition) is 7. The van der Waals surface area contributed by atoms with Gasteiger partial charge < -0.3 is 10.1 Å². The highest BCUT2D eigenvalue weighted by molar-refractivity contribution is 7.18. The zero-order valence-electron chi connectivity index (χ0n) is 15.9. The quantitative estimate of drug-likeness (QED) is 0.765. The van der Waals surface area contributed by atoms with Crippen LogP contribution in [0.15, 0.2) is 11.1 Å². The number of nitrogens with one attached hydrogen (secondary N) is 1. The van der Waals surface area contributed by atoms with E-state index in [1.807, 2.05) is 13.8 Å². The lowest BCUT2D eigenvalue weighted by Crippen LogP contribution is -2.50. The number of carbonyl (C=O) groups excluding carboxylic acids is 2. The number of fused-ring (bicyclic) bond motifs is 1. The lowest BCUT2D eigenvalue weighted by atomic mass is 9.83. The zero-order chi connectivity index (χ0) is 20.3. The Bertz CT molecular complexity index is 1010. The molecule has 28 heavy (non-hydrogen) atoms. The highest BCUT2D eigenvalue weighted by atomic mass is 32.1. The molecule has 0 spiro atoms. The molecule has 0 atom stereocenters. The van der Waals surface area contributed by atoms with E-state index in [0.29, 0.717) is 23.1 Å². The van der Waals surface area contributed by atoms with E-state index < -0.39 is 24.0 Å². The number of amides is 1. The van der Waals surface area contributed by atoms with Crippen molar-refractivity contribution in [1.82, 2.24) is 14.9 Å². The van der Waals surface area contributed by atoms with Crippen molar-refractivity contribution in [2.75, 3.05) is 6.61 Å². The molecule has 3 rings (SSSR count). The molecule has 1 N–H and O–H groups in total. The number of rotatable bonds is 5. The minimum atomic E-state index is -0.873. The number of ether oxygens (including phenoxy) is 1. The fourth-order valence-electron chi connectivity index (χ4n) is 3.44. The van der Waals surface area contributed by atoms with Gasteiger partial charge in [-0.15, -0.1) is 11.3 Å². The third-order valence-electron chi connectivity index (χ3n) is 5.12. The first kappa shape index (κ1) is 20.0. The number of nitriles is 1. The summed E-state index contributed by atoms with van der Waals surface area (Å²) in [7, 11) is 0. The maximum atomic E-state index is 12.6. The second-order valence-electron chi connectivity index (χ2n) is 7.10. The first-order valence-corrected chi connectivity index (χ1v) is 10.00. The fourth-order valence-corrected chi connectivity index (χ4v) is 4.42. The van der Waals surface area contributed by atoms with Crippen LogP contribution in [0.5, 0.6) is 0 Å². The Hall–Kier alpha value is -2.73. The summed E-state index contributed by atoms with van der Waals surface area (Å²) in [6.07, 6.45) is 5.33. The van der Waals surface area contributed by atoms with Gasteiger partial charge in [0.05, 0.1) is 17.8 Å². The van der Waals surface area contributed by atoms with Crippen molar-refractivity contribution in [2.45, 2.75) is 58.0 Å². The van der Waals surface area contributed by atoms with Crippen LogP contribution in [0.25, 0.3) is 10.2 Å². The monoisotopic (exact) mass is 402 g/mol. The van der Waals surface area contributed by atoms with Crippen LogP contribution in [0.3, 0.4) is 0 Å². The van der Waals surface area contributed by atoms with Crippen molar-refractivity contribution in [2.24, 2.45) is 0 Å². The van der Waals surface area contributed by atoms with Gasteiger partial charge in [0, 0.05) is 4.88 Å². The van der Waals surface area contributed by atoms with Crippen molar-refractivity contribution in [3.63, 3.8) is 0 Å². The van der Waals surface area contributed by atoms with Crippen LogP contribution in [0.4, 0.5) is 0 Å². The molecule has 0 saturated heterocycles. The molecule has 2 aromatic heterocycles. The summed E-state index contributed by atoms with van der Waals surface area (Å²) in [5.74, 6) is -1.22. The normalized spacial score (nSPS) is 15.8. The van der Waals surface area contributed by atoms with E-state index in [2.05, 4.69) is 16.4 Å². The van der Waals surface area contributed by atoms with E-state index >= 15 is 0 Å². The first-order chi connectivity index (χ1) is 13.3. The predicted octanol–water partition coefficient (Wildman–Crippen LogP) is 1.96. The van der Waals surface area contributed by atoms with Gasteiger partial charge in [-0.2, -0.15) is 5.26 Å². The summed E-state index contributed by atoms with van der Waals surface area (Å²) < 4.78 is 6.18. The topological polar surface area (TPSA) is 114 Å². The molecule has 0 aromatic carbocycles. The lowest BCUT2D eigenvalue weighted by Gasteiger charge is -2.31. The van der Waals surface area contributed by atoms with Gasteiger partial charge >= 0.3 is 5.97 Å². The number of hydrogen-bond donors (Lipinski definition) is 1. The Labute approximate surface area is 166 Å². The third kappa shape index (κ3) is 4.07. The number of aromatic nitrogens is 2. The molecule has 0 aliphatic heterocycles. The molecule has 8 nitrogen and oxygen atoms in total. The van der Waals surface area contributed by atoms with Crippen molar-refractivity contribution in [1.29, 1.82) is 5.26 Å². The van der Waals surface area contributed by atoms with Gasteiger partial charge in [-0.25, -0.2) is 4.98 Å². The number of thiophene rings is 1. The number of esters is 1. The molecule has 0 bridgehead atoms. The SMILES string of the molecule is Cc1sc2ncn(CC(=O)OCC(=O)NC3(C#N)CCCCC3)c(=O)c2c1C. The molecule has 1 saturated carbocycles. The Morgan fingerprint density at radius 1 is 1.36 bits per heavy atom. The molecule has 0 radical (unpaired) electrons. The predicted molar refractivity (Wildman–Crippen MR) is 104 cm³/mol. The first-order valence-electron chi connectivity index (χ1n) is 9.18. The van der Waals surface area contributed by atoms with Gasteiger partial charge in [0.25, 0.3) is 11.5 Å². The van der Waals surface area contributed by atoms with E-state index in [9.17, 15) is 19.6 Å². The zero-order valence-corrected chi connectivity index (χ0v) is 16.7. The second-order valence-corrected chi connectivity index (χ2v) is 8.31. The van der Waals surface area contributed by atoms with Gasteiger partial charge in [-0.05, 0) is 32.3 Å². The largest absolute Gasteiger partial charge is 0.454 e. The van der Waals surface area contributed by atoms with Gasteiger partial charge in [0.2, 0.25) is 0 Å². The third-order valence-corrected chi connectivity index (χ3v) is 6.23. The molecular formula is C19H22N4O4S. The van der Waals surface area contributed by atoms with E-state index in [-0.39, 0.29) is 12.1 Å². The van der Waals surface area contributed by atoms with Crippen molar-refractivity contribution < 1.29 is 14.3 Å². The van der Waals surface area contributed by atoms with Crippen LogP contribution >= 0.6 is 11.3 Å². The summed E-state index contributed by atoms with van der Waals surface area (Å²) in [5.41, 5.74) is -0.324. The Morgan fingerprint density at radius 3 is 2.75 bits per heavy atom. The summed E-state index contributed by atoms with van der Waals surface area (Å²) in [4.78, 5) is 42.6. The number of aryl methyl sites for hydroxylation is 2. The van der Waals surface area contributed by atoms with E-state index in [1.54, 1.807) is 0 Å².